The van der Waals surface area contributed by atoms with Gasteiger partial charge in [-0.15, -0.1) is 0 Å². The first-order chi connectivity index (χ1) is 25.3. The Morgan fingerprint density at radius 1 is 0.519 bits per heavy atom. The van der Waals surface area contributed by atoms with Crippen molar-refractivity contribution in [2.24, 2.45) is 0 Å². The Morgan fingerprint density at radius 3 is 1.29 bits per heavy atom. The summed E-state index contributed by atoms with van der Waals surface area (Å²) in [5.74, 6) is 1.32. The zero-order valence-corrected chi connectivity index (χ0v) is 36.7. The molecule has 0 aromatic heterocycles. The Hall–Kier alpha value is -2.54. The standard InChI is InChI=1S/C50H63Si.Zr/c1-7-9-11-13-17-41-31-47-43(39-27-23-37(24-28-39)35(3)4)19-15-21-45(47)49(41)33-51-34-50-42(18-14-12-10-8-2)32-48-44(20-16-22-46(48)50)40-29-25-38(26-30-40)36(5)6;/h15-16,19-32,35-36,49-51H,7-14,17-18,33-34H2,1-6H3;. The fraction of sp³-hybridized carbons (Fsp3) is 0.440. The Morgan fingerprint density at radius 2 is 0.923 bits per heavy atom. The number of fused-ring (bicyclic) bond motifs is 2. The van der Waals surface area contributed by atoms with E-state index in [1.54, 1.807) is 22.3 Å². The first kappa shape index (κ1) is 39.2. The van der Waals surface area contributed by atoms with Gasteiger partial charge >= 0.3 is 335 Å². The third-order valence-electron chi connectivity index (χ3n) is 12.0. The summed E-state index contributed by atoms with van der Waals surface area (Å²) >= 11 is 1.83. The van der Waals surface area contributed by atoms with Crippen LogP contribution in [0.5, 0.6) is 0 Å². The van der Waals surface area contributed by atoms with E-state index in [0.717, 1.165) is 0 Å². The molecule has 52 heavy (non-hydrogen) atoms. The van der Waals surface area contributed by atoms with Crippen molar-refractivity contribution in [2.75, 3.05) is 0 Å². The zero-order chi connectivity index (χ0) is 36.6. The van der Waals surface area contributed by atoms with Crippen LogP contribution in [0.2, 0.25) is 12.1 Å². The fourth-order valence-electron chi connectivity index (χ4n) is 8.89. The molecule has 0 fully saturated rings. The molecule has 4 aromatic carbocycles. The van der Waals surface area contributed by atoms with Gasteiger partial charge in [0.2, 0.25) is 0 Å². The van der Waals surface area contributed by atoms with Gasteiger partial charge in [0.25, 0.3) is 0 Å². The van der Waals surface area contributed by atoms with Gasteiger partial charge < -0.3 is 0 Å². The summed E-state index contributed by atoms with van der Waals surface area (Å²) in [6, 6.07) is 36.1. The molecule has 0 radical (unpaired) electrons. The van der Waals surface area contributed by atoms with Crippen LogP contribution in [0.4, 0.5) is 0 Å². The van der Waals surface area contributed by atoms with Gasteiger partial charge in [0.1, 0.15) is 0 Å². The van der Waals surface area contributed by atoms with Gasteiger partial charge in [0.05, 0.1) is 0 Å². The topological polar surface area (TPSA) is 0 Å². The first-order valence-electron chi connectivity index (χ1n) is 20.9. The van der Waals surface area contributed by atoms with Crippen molar-refractivity contribution in [1.29, 1.82) is 0 Å². The van der Waals surface area contributed by atoms with Crippen molar-refractivity contribution < 1.29 is 23.9 Å². The van der Waals surface area contributed by atoms with E-state index in [2.05, 4.69) is 139 Å². The molecule has 2 aliphatic carbocycles. The number of rotatable bonds is 18. The van der Waals surface area contributed by atoms with E-state index in [9.17, 15) is 0 Å². The molecule has 0 amide bonds. The van der Waals surface area contributed by atoms with Crippen molar-refractivity contribution in [1.82, 2.24) is 0 Å². The van der Waals surface area contributed by atoms with E-state index < -0.39 is 5.92 Å². The molecule has 6 rings (SSSR count). The molecule has 2 atom stereocenters. The second-order valence-corrected chi connectivity index (χ2v) is 24.9. The van der Waals surface area contributed by atoms with Crippen LogP contribution in [0.1, 0.15) is 163 Å². The van der Waals surface area contributed by atoms with Gasteiger partial charge in [0.15, 0.2) is 0 Å². The summed E-state index contributed by atoms with van der Waals surface area (Å²) in [6.45, 7) is 13.8. The van der Waals surface area contributed by atoms with Crippen LogP contribution in [-0.2, 0) is 23.9 Å². The van der Waals surface area contributed by atoms with Crippen molar-refractivity contribution in [2.45, 2.75) is 142 Å². The quantitative estimate of drug-likeness (QED) is 0.0697. The summed E-state index contributed by atoms with van der Waals surface area (Å²) in [5, 5.41) is 0. The Balaban J connectivity index is 1.28. The molecule has 0 heterocycles. The molecule has 0 nitrogen and oxygen atoms in total. The Labute approximate surface area is 333 Å². The maximum absolute atomic E-state index is 2.65. The van der Waals surface area contributed by atoms with Crippen LogP contribution in [-0.4, -0.2) is 5.92 Å². The van der Waals surface area contributed by atoms with Crippen molar-refractivity contribution in [3.63, 3.8) is 0 Å². The molecule has 0 N–H and O–H groups in total. The van der Waals surface area contributed by atoms with Gasteiger partial charge in [-0.2, -0.15) is 0 Å². The van der Waals surface area contributed by atoms with Gasteiger partial charge in [-0.25, -0.2) is 0 Å². The molecule has 0 aliphatic heterocycles. The molecule has 271 valence electrons. The van der Waals surface area contributed by atoms with E-state index in [-0.39, 0.29) is 0 Å². The molecular weight excluding hydrogens is 720 g/mol. The third kappa shape index (κ3) is 9.21. The Kier molecular flexibility index (Phi) is 14.1. The van der Waals surface area contributed by atoms with Crippen molar-refractivity contribution >= 4 is 18.1 Å². The van der Waals surface area contributed by atoms with Crippen LogP contribution < -0.4 is 0 Å². The van der Waals surface area contributed by atoms with E-state index in [1.807, 2.05) is 23.9 Å². The molecule has 2 unspecified atom stereocenters. The molecule has 0 saturated heterocycles. The van der Waals surface area contributed by atoms with Gasteiger partial charge in [0, 0.05) is 0 Å². The van der Waals surface area contributed by atoms with Crippen LogP contribution in [0, 0.1) is 0 Å². The van der Waals surface area contributed by atoms with Crippen LogP contribution in [0.15, 0.2) is 96.1 Å². The second-order valence-electron chi connectivity index (χ2n) is 16.5. The average Bonchev–Trinajstić information content (AvgIpc) is 3.68. The van der Waals surface area contributed by atoms with Crippen LogP contribution in [0.25, 0.3) is 34.4 Å². The summed E-state index contributed by atoms with van der Waals surface area (Å²) in [4.78, 5) is 0. The molecule has 4 aromatic rings. The number of benzene rings is 4. The van der Waals surface area contributed by atoms with Crippen LogP contribution in [0.3, 0.4) is 0 Å². The normalized spacial score (nSPS) is 17.0. The monoisotopic (exact) mass is 781 g/mol. The summed E-state index contributed by atoms with van der Waals surface area (Å²) in [5.41, 5.74) is 18.2. The van der Waals surface area contributed by atoms with Crippen LogP contribution >= 0.6 is 0 Å². The predicted octanol–water partition coefficient (Wildman–Crippen LogP) is 15.1. The molecule has 2 heteroatoms. The zero-order valence-electron chi connectivity index (χ0n) is 33.1. The van der Waals surface area contributed by atoms with Gasteiger partial charge in [-0.3, -0.25) is 0 Å². The predicted molar refractivity (Wildman–Crippen MR) is 228 cm³/mol. The van der Waals surface area contributed by atoms with E-state index in [0.29, 0.717) is 23.7 Å². The third-order valence-corrected chi connectivity index (χ3v) is 17.6. The summed E-state index contributed by atoms with van der Waals surface area (Å²) in [6.07, 6.45) is 18.5. The van der Waals surface area contributed by atoms with Crippen molar-refractivity contribution in [3.8, 4) is 22.3 Å². The molecular formula is C50H63SiZr. The van der Waals surface area contributed by atoms with Crippen molar-refractivity contribution in [3.05, 3.63) is 129 Å². The average molecular weight is 783 g/mol. The Bertz CT molecular complexity index is 1690. The van der Waals surface area contributed by atoms with E-state index in [4.69, 9.17) is 0 Å². The molecule has 0 bridgehead atoms. The van der Waals surface area contributed by atoms with Gasteiger partial charge in [-0.05, 0) is 0 Å². The fourth-order valence-corrected chi connectivity index (χ4v) is 14.8. The molecule has 0 spiro atoms. The second kappa shape index (κ2) is 18.7. The van der Waals surface area contributed by atoms with Gasteiger partial charge in [-0.1, -0.05) is 0 Å². The number of hydrogen-bond donors (Lipinski definition) is 0. The SMILES string of the molecule is CCCCCCC1=Cc2c(-c3ccc(C(C)C)cc3)cccc2C1C[SiH]([Zr])CC1C(CCCCCC)=Cc2c(-c3ccc(C(C)C)cc3)cccc21. The molecule has 2 aliphatic rings. The molecule has 0 saturated carbocycles. The summed E-state index contributed by atoms with van der Waals surface area (Å²) < 4.78 is 0. The minimum atomic E-state index is -1.00. The first-order valence-corrected chi connectivity index (χ1v) is 27.3. The number of allylic oxidation sites excluding steroid dienone is 2. The van der Waals surface area contributed by atoms with E-state index >= 15 is 0 Å². The summed E-state index contributed by atoms with van der Waals surface area (Å²) in [7, 11) is 0. The van der Waals surface area contributed by atoms with E-state index in [1.165, 1.54) is 121 Å². The number of hydrogen-bond acceptors (Lipinski definition) is 0. The number of unbranched alkanes of at least 4 members (excludes halogenated alkanes) is 6. The maximum atomic E-state index is 2.65. The minimum absolute atomic E-state index is 0.560.